The topological polar surface area (TPSA) is 360 Å². The van der Waals surface area contributed by atoms with E-state index in [-0.39, 0.29) is 50.0 Å². The first-order valence-corrected chi connectivity index (χ1v) is 13.2. The molecule has 26 nitrogen and oxygen atoms in total. The van der Waals surface area contributed by atoms with Gasteiger partial charge in [-0.2, -0.15) is 0 Å². The lowest BCUT2D eigenvalue weighted by Gasteiger charge is -2.18. The van der Waals surface area contributed by atoms with Crippen LogP contribution in [0.2, 0.25) is 0 Å². The van der Waals surface area contributed by atoms with Crippen LogP contribution in [-0.2, 0) is 36.9 Å². The molecule has 0 aliphatic carbocycles. The maximum atomic E-state index is 12.0. The highest BCUT2D eigenvalue weighted by Gasteiger charge is 2.27. The van der Waals surface area contributed by atoms with Gasteiger partial charge in [0.05, 0.1) is 0 Å². The fourth-order valence-electron chi connectivity index (χ4n) is 3.43. The van der Waals surface area contributed by atoms with Crippen molar-refractivity contribution in [1.82, 2.24) is 0 Å². The minimum Gasteiger partial charge on any atom is -0.475 e. The highest BCUT2D eigenvalue weighted by Crippen LogP contribution is 2.18. The summed E-state index contributed by atoms with van der Waals surface area (Å²) in [5.41, 5.74) is -0.825. The smallest absolute Gasteiger partial charge is 0.475 e. The average Bonchev–Trinajstić information content (AvgIpc) is 3.50. The van der Waals surface area contributed by atoms with Gasteiger partial charge in [0.15, 0.2) is 11.5 Å². The van der Waals surface area contributed by atoms with Gasteiger partial charge in [-0.05, 0) is 46.5 Å². The predicted octanol–water partition coefficient (Wildman–Crippen LogP) is 1.33. The van der Waals surface area contributed by atoms with Crippen molar-refractivity contribution >= 4 is 11.9 Å². The Balaban J connectivity index is 0.000000487. The molecular formula is C22H28N4O22. The van der Waals surface area contributed by atoms with Gasteiger partial charge in [0.1, 0.15) is 31.0 Å². The van der Waals surface area contributed by atoms with E-state index in [0.29, 0.717) is 0 Å². The van der Waals surface area contributed by atoms with Crippen LogP contribution in [-0.4, -0.2) is 68.4 Å². The Morgan fingerprint density at radius 3 is 1.46 bits per heavy atom. The Morgan fingerprint density at radius 2 is 1.10 bits per heavy atom. The molecule has 2 aromatic heterocycles. The van der Waals surface area contributed by atoms with Gasteiger partial charge in [0, 0.05) is 12.8 Å². The Kier molecular flexibility index (Phi) is 15.5. The van der Waals surface area contributed by atoms with E-state index in [9.17, 15) is 59.6 Å². The van der Waals surface area contributed by atoms with Gasteiger partial charge in [-0.15, -0.1) is 40.5 Å². The number of carbonyl (C=O) groups is 2. The molecule has 0 radical (unpaired) electrons. The molecule has 0 aliphatic rings. The number of carbonyl (C=O) groups excluding carboxylic acids is 1. The number of ether oxygens (including phenoxy) is 1. The summed E-state index contributed by atoms with van der Waals surface area (Å²) in [5, 5.41) is 45.1. The lowest BCUT2D eigenvalue weighted by Crippen LogP contribution is -2.25. The van der Waals surface area contributed by atoms with E-state index in [1.54, 1.807) is 20.8 Å². The summed E-state index contributed by atoms with van der Waals surface area (Å²) in [6, 6.07) is 0. The monoisotopic (exact) mass is 700 g/mol. The van der Waals surface area contributed by atoms with Crippen molar-refractivity contribution in [3.05, 3.63) is 84.7 Å². The predicted molar refractivity (Wildman–Crippen MR) is 142 cm³/mol. The molecule has 0 fully saturated rings. The van der Waals surface area contributed by atoms with Crippen LogP contribution in [0, 0.1) is 40.5 Å². The van der Waals surface area contributed by atoms with Gasteiger partial charge < -0.3 is 46.9 Å². The molecule has 0 saturated carbocycles. The van der Waals surface area contributed by atoms with Gasteiger partial charge in [-0.1, -0.05) is 0 Å². The zero-order valence-electron chi connectivity index (χ0n) is 25.1. The number of hydrogen-bond acceptors (Lipinski definition) is 21. The van der Waals surface area contributed by atoms with Crippen molar-refractivity contribution in [3.8, 4) is 0 Å². The summed E-state index contributed by atoms with van der Waals surface area (Å²) in [6.45, 7) is 3.55. The molecule has 26 heteroatoms. The third-order valence-corrected chi connectivity index (χ3v) is 5.13. The molecular weight excluding hydrogens is 672 g/mol. The molecule has 0 bridgehead atoms. The second kappa shape index (κ2) is 18.7. The van der Waals surface area contributed by atoms with Crippen LogP contribution in [0.5, 0.6) is 0 Å². The fourth-order valence-corrected chi connectivity index (χ4v) is 3.43. The number of carboxylic acid groups (broad SMARTS) is 1. The molecule has 268 valence electrons. The second-order valence-corrected chi connectivity index (χ2v) is 9.95. The van der Waals surface area contributed by atoms with Crippen molar-refractivity contribution in [2.75, 3.05) is 13.2 Å². The minimum atomic E-state index is -1.50. The lowest BCUT2D eigenvalue weighted by molar-refractivity contribution is -0.790. The average molecular weight is 700 g/mol. The van der Waals surface area contributed by atoms with Crippen LogP contribution in [0.25, 0.3) is 0 Å². The van der Waals surface area contributed by atoms with Gasteiger partial charge in [-0.25, -0.2) is 19.2 Å². The summed E-state index contributed by atoms with van der Waals surface area (Å²) in [6.07, 6.45) is -2.48. The number of esters is 1. The summed E-state index contributed by atoms with van der Waals surface area (Å²) < 4.78 is 23.4. The number of aryl methyl sites for hydroxylation is 2. The van der Waals surface area contributed by atoms with Crippen molar-refractivity contribution in [2.45, 2.75) is 77.1 Å². The van der Waals surface area contributed by atoms with E-state index < -0.39 is 86.5 Å². The van der Waals surface area contributed by atoms with E-state index >= 15 is 0 Å². The SMILES string of the molecule is CC(C)(C)OC(=O)c1oc(=O)oc1CCC[C@H](CO[N+](=O)[O-])O[N+](=O)[O-].O=C(O)c1oc(=O)oc1CCC[C@H](CO[N+](=O)[O-])O[N+](=O)[O-]. The van der Waals surface area contributed by atoms with Gasteiger partial charge >= 0.3 is 23.6 Å². The molecule has 0 unspecified atom stereocenters. The number of hydrogen-bond donors (Lipinski definition) is 1. The molecule has 0 spiro atoms. The van der Waals surface area contributed by atoms with Gasteiger partial charge in [0.25, 0.3) is 31.9 Å². The Morgan fingerprint density at radius 1 is 0.708 bits per heavy atom. The lowest BCUT2D eigenvalue weighted by atomic mass is 10.1. The molecule has 1 N–H and O–H groups in total. The largest absolute Gasteiger partial charge is 0.519 e. The van der Waals surface area contributed by atoms with Gasteiger partial charge in [0.2, 0.25) is 0 Å². The maximum absolute atomic E-state index is 12.0. The molecule has 0 saturated heterocycles. The minimum absolute atomic E-state index is 0.0175. The summed E-state index contributed by atoms with van der Waals surface area (Å²) >= 11 is 0. The van der Waals surface area contributed by atoms with Crippen molar-refractivity contribution in [1.29, 1.82) is 0 Å². The normalized spacial score (nSPS) is 12.0. The van der Waals surface area contributed by atoms with E-state index in [0.717, 1.165) is 0 Å². The molecule has 0 aromatic carbocycles. The first-order chi connectivity index (χ1) is 22.3. The number of aromatic carboxylic acids is 1. The first-order valence-electron chi connectivity index (χ1n) is 13.2. The van der Waals surface area contributed by atoms with Crippen LogP contribution < -0.4 is 11.6 Å². The molecule has 0 aliphatic heterocycles. The van der Waals surface area contributed by atoms with Crippen molar-refractivity contribution in [3.63, 3.8) is 0 Å². The fraction of sp³-hybridized carbons (Fsp3) is 0.636. The molecule has 0 amide bonds. The van der Waals surface area contributed by atoms with E-state index in [1.807, 2.05) is 0 Å². The summed E-state index contributed by atoms with van der Waals surface area (Å²) in [7, 11) is 0. The third-order valence-electron chi connectivity index (χ3n) is 5.13. The molecule has 2 atom stereocenters. The molecule has 2 aromatic rings. The van der Waals surface area contributed by atoms with Crippen LogP contribution in [0.15, 0.2) is 27.3 Å². The maximum Gasteiger partial charge on any atom is 0.519 e. The quantitative estimate of drug-likeness (QED) is 0.116. The van der Waals surface area contributed by atoms with Crippen LogP contribution >= 0.6 is 0 Å². The van der Waals surface area contributed by atoms with E-state index in [4.69, 9.17) is 14.3 Å². The number of nitrogens with zero attached hydrogens (tertiary/aromatic N) is 4. The van der Waals surface area contributed by atoms with Gasteiger partial charge in [-0.3, -0.25) is 0 Å². The molecule has 2 heterocycles. The van der Waals surface area contributed by atoms with Crippen LogP contribution in [0.3, 0.4) is 0 Å². The summed E-state index contributed by atoms with van der Waals surface area (Å²) in [4.78, 5) is 102. The zero-order valence-corrected chi connectivity index (χ0v) is 25.1. The van der Waals surface area contributed by atoms with E-state index in [1.165, 1.54) is 0 Å². The second-order valence-electron chi connectivity index (χ2n) is 9.95. The highest BCUT2D eigenvalue weighted by atomic mass is 17.0. The zero-order chi connectivity index (χ0) is 36.6. The van der Waals surface area contributed by atoms with E-state index in [2.05, 4.69) is 32.6 Å². The summed E-state index contributed by atoms with van der Waals surface area (Å²) in [5.74, 6) is -6.11. The van der Waals surface area contributed by atoms with Crippen LogP contribution in [0.1, 0.15) is 79.1 Å². The molecule has 48 heavy (non-hydrogen) atoms. The number of rotatable bonds is 20. The first kappa shape index (κ1) is 39.8. The standard InChI is InChI=1S/C13H18N2O11.C9H10N2O11/c1-13(2,3)25-11(16)10-9(23-12(17)24-10)6-4-5-8(26-15(20)21)7-22-14(18)19;12-8(13)7-6(20-9(14)21-7)3-1-2-5(22-11(17)18)4-19-10(15)16/h8H,4-7H2,1-3H3;5H,1-4H2,(H,12,13)/t8-;5-/m11/s1. The third kappa shape index (κ3) is 16.2. The van der Waals surface area contributed by atoms with Crippen molar-refractivity contribution < 1.29 is 76.8 Å². The van der Waals surface area contributed by atoms with Crippen molar-refractivity contribution in [2.24, 2.45) is 0 Å². The Hall–Kier alpha value is -6.24. The number of carboxylic acids is 1. The highest BCUT2D eigenvalue weighted by molar-refractivity contribution is 5.87. The van der Waals surface area contributed by atoms with Crippen LogP contribution in [0.4, 0.5) is 0 Å². The Bertz CT molecular complexity index is 1530. The molecule has 2 rings (SSSR count). The Labute approximate surface area is 264 Å².